The molecule has 0 bridgehead atoms. The van der Waals surface area contributed by atoms with Crippen LogP contribution in [0.2, 0.25) is 0 Å². The van der Waals surface area contributed by atoms with Crippen molar-refractivity contribution in [1.82, 2.24) is 5.32 Å². The minimum absolute atomic E-state index is 0.310. The van der Waals surface area contributed by atoms with E-state index in [-0.39, 0.29) is 6.10 Å². The molecule has 0 radical (unpaired) electrons. The fourth-order valence-electron chi connectivity index (χ4n) is 1.80. The van der Waals surface area contributed by atoms with Gasteiger partial charge in [0.2, 0.25) is 0 Å². The van der Waals surface area contributed by atoms with Gasteiger partial charge in [-0.3, -0.25) is 0 Å². The van der Waals surface area contributed by atoms with E-state index in [0.717, 1.165) is 19.4 Å². The van der Waals surface area contributed by atoms with E-state index in [1.807, 2.05) is 0 Å². The van der Waals surface area contributed by atoms with Gasteiger partial charge in [-0.25, -0.2) is 0 Å². The van der Waals surface area contributed by atoms with E-state index >= 15 is 0 Å². The lowest BCUT2D eigenvalue weighted by Gasteiger charge is -2.21. The van der Waals surface area contributed by atoms with Crippen LogP contribution in [0, 0.1) is 12.3 Å². The third-order valence-electron chi connectivity index (χ3n) is 2.82. The van der Waals surface area contributed by atoms with Gasteiger partial charge in [0.15, 0.2) is 0 Å². The molecule has 0 saturated carbocycles. The lowest BCUT2D eigenvalue weighted by atomic mass is 10.1. The SMILES string of the molecule is C#CCCC(O)CNC(C)C1CCCO1. The van der Waals surface area contributed by atoms with Crippen LogP contribution in [0.3, 0.4) is 0 Å². The maximum absolute atomic E-state index is 9.57. The van der Waals surface area contributed by atoms with Crippen LogP contribution in [-0.4, -0.2) is 36.5 Å². The van der Waals surface area contributed by atoms with Gasteiger partial charge < -0.3 is 15.2 Å². The number of hydrogen-bond acceptors (Lipinski definition) is 3. The molecular weight excluding hydrogens is 190 g/mol. The number of aliphatic hydroxyl groups excluding tert-OH is 1. The van der Waals surface area contributed by atoms with Crippen molar-refractivity contribution in [3.05, 3.63) is 0 Å². The summed E-state index contributed by atoms with van der Waals surface area (Å²) in [5.41, 5.74) is 0. The predicted octanol–water partition coefficient (Wildman–Crippen LogP) is 0.918. The van der Waals surface area contributed by atoms with Crippen LogP contribution in [-0.2, 0) is 4.74 Å². The fourth-order valence-corrected chi connectivity index (χ4v) is 1.80. The van der Waals surface area contributed by atoms with E-state index in [9.17, 15) is 5.11 Å². The summed E-state index contributed by atoms with van der Waals surface area (Å²) in [5.74, 6) is 2.53. The molecule has 86 valence electrons. The predicted molar refractivity (Wildman–Crippen MR) is 60.5 cm³/mol. The first kappa shape index (κ1) is 12.5. The van der Waals surface area contributed by atoms with Crippen LogP contribution in [0.4, 0.5) is 0 Å². The van der Waals surface area contributed by atoms with Crippen LogP contribution in [0.5, 0.6) is 0 Å². The van der Waals surface area contributed by atoms with Crippen molar-refractivity contribution < 1.29 is 9.84 Å². The molecule has 1 saturated heterocycles. The third kappa shape index (κ3) is 4.65. The second-order valence-corrected chi connectivity index (χ2v) is 4.15. The molecule has 1 rings (SSSR count). The van der Waals surface area contributed by atoms with Crippen molar-refractivity contribution in [1.29, 1.82) is 0 Å². The summed E-state index contributed by atoms with van der Waals surface area (Å²) in [6.45, 7) is 3.57. The Balaban J connectivity index is 2.10. The monoisotopic (exact) mass is 211 g/mol. The average Bonchev–Trinajstić information content (AvgIpc) is 2.76. The maximum atomic E-state index is 9.57. The first-order valence-electron chi connectivity index (χ1n) is 5.70. The molecule has 15 heavy (non-hydrogen) atoms. The molecule has 1 fully saturated rings. The van der Waals surface area contributed by atoms with Crippen molar-refractivity contribution in [2.75, 3.05) is 13.2 Å². The summed E-state index contributed by atoms with van der Waals surface area (Å²) in [6, 6.07) is 0.313. The largest absolute Gasteiger partial charge is 0.392 e. The lowest BCUT2D eigenvalue weighted by Crippen LogP contribution is -2.41. The van der Waals surface area contributed by atoms with Gasteiger partial charge in [-0.1, -0.05) is 0 Å². The minimum atomic E-state index is -0.343. The summed E-state index contributed by atoms with van der Waals surface area (Å²) < 4.78 is 5.55. The van der Waals surface area contributed by atoms with Gasteiger partial charge in [-0.2, -0.15) is 0 Å². The fraction of sp³-hybridized carbons (Fsp3) is 0.833. The highest BCUT2D eigenvalue weighted by Crippen LogP contribution is 2.15. The summed E-state index contributed by atoms with van der Waals surface area (Å²) >= 11 is 0. The zero-order valence-electron chi connectivity index (χ0n) is 9.41. The molecule has 1 aliphatic heterocycles. The molecule has 1 aliphatic rings. The van der Waals surface area contributed by atoms with Crippen LogP contribution in [0.25, 0.3) is 0 Å². The number of nitrogens with one attached hydrogen (secondary N) is 1. The highest BCUT2D eigenvalue weighted by Gasteiger charge is 2.22. The summed E-state index contributed by atoms with van der Waals surface area (Å²) in [6.07, 6.45) is 8.67. The van der Waals surface area contributed by atoms with Gasteiger partial charge in [0, 0.05) is 25.6 Å². The number of terminal acetylenes is 1. The second kappa shape index (κ2) is 6.84. The molecule has 3 unspecified atom stereocenters. The first-order valence-corrected chi connectivity index (χ1v) is 5.70. The molecule has 0 spiro atoms. The summed E-state index contributed by atoms with van der Waals surface area (Å²) in [7, 11) is 0. The molecule has 3 nitrogen and oxygen atoms in total. The summed E-state index contributed by atoms with van der Waals surface area (Å²) in [5, 5.41) is 12.9. The van der Waals surface area contributed by atoms with Crippen molar-refractivity contribution >= 4 is 0 Å². The van der Waals surface area contributed by atoms with Crippen molar-refractivity contribution in [3.63, 3.8) is 0 Å². The van der Waals surface area contributed by atoms with Gasteiger partial charge in [0.25, 0.3) is 0 Å². The molecule has 0 aromatic heterocycles. The average molecular weight is 211 g/mol. The van der Waals surface area contributed by atoms with E-state index in [1.54, 1.807) is 0 Å². The molecule has 3 heteroatoms. The third-order valence-corrected chi connectivity index (χ3v) is 2.82. The van der Waals surface area contributed by atoms with Gasteiger partial charge in [0.05, 0.1) is 12.2 Å². The highest BCUT2D eigenvalue weighted by atomic mass is 16.5. The zero-order chi connectivity index (χ0) is 11.1. The number of aliphatic hydroxyl groups is 1. The Hall–Kier alpha value is -0.560. The normalized spacial score (nSPS) is 24.7. The molecule has 0 aromatic carbocycles. The van der Waals surface area contributed by atoms with Crippen LogP contribution >= 0.6 is 0 Å². The van der Waals surface area contributed by atoms with E-state index in [1.165, 1.54) is 0 Å². The van der Waals surface area contributed by atoms with Crippen LogP contribution < -0.4 is 5.32 Å². The Morgan fingerprint density at radius 3 is 3.07 bits per heavy atom. The Morgan fingerprint density at radius 2 is 2.47 bits per heavy atom. The van der Waals surface area contributed by atoms with E-state index in [0.29, 0.717) is 31.5 Å². The number of ether oxygens (including phenoxy) is 1. The molecule has 0 aromatic rings. The topological polar surface area (TPSA) is 41.5 Å². The Morgan fingerprint density at radius 1 is 1.67 bits per heavy atom. The smallest absolute Gasteiger partial charge is 0.0726 e. The standard InChI is InChI=1S/C12H21NO2/c1-3-4-6-11(14)9-13-10(2)12-7-5-8-15-12/h1,10-14H,4-9H2,2H3. The highest BCUT2D eigenvalue weighted by molar-refractivity contribution is 4.85. The van der Waals surface area contributed by atoms with E-state index in [4.69, 9.17) is 11.2 Å². The van der Waals surface area contributed by atoms with Crippen molar-refractivity contribution in [2.45, 2.75) is 50.9 Å². The minimum Gasteiger partial charge on any atom is -0.392 e. The Kier molecular flexibility index (Phi) is 5.70. The maximum Gasteiger partial charge on any atom is 0.0726 e. The molecule has 0 amide bonds. The lowest BCUT2D eigenvalue weighted by molar-refractivity contribution is 0.0758. The molecule has 2 N–H and O–H groups in total. The Labute approximate surface area is 92.2 Å². The number of hydrogen-bond donors (Lipinski definition) is 2. The number of rotatable bonds is 6. The van der Waals surface area contributed by atoms with Gasteiger partial charge in [-0.15, -0.1) is 12.3 Å². The zero-order valence-corrected chi connectivity index (χ0v) is 9.41. The van der Waals surface area contributed by atoms with Crippen molar-refractivity contribution in [2.24, 2.45) is 0 Å². The first-order chi connectivity index (χ1) is 7.24. The van der Waals surface area contributed by atoms with Gasteiger partial charge in [-0.05, 0) is 26.2 Å². The van der Waals surface area contributed by atoms with Crippen LogP contribution in [0.15, 0.2) is 0 Å². The van der Waals surface area contributed by atoms with Crippen molar-refractivity contribution in [3.8, 4) is 12.3 Å². The molecule has 1 heterocycles. The van der Waals surface area contributed by atoms with E-state index in [2.05, 4.69) is 18.2 Å². The van der Waals surface area contributed by atoms with Gasteiger partial charge in [0.1, 0.15) is 0 Å². The molecule has 3 atom stereocenters. The summed E-state index contributed by atoms with van der Waals surface area (Å²) in [4.78, 5) is 0. The van der Waals surface area contributed by atoms with Gasteiger partial charge >= 0.3 is 0 Å². The quantitative estimate of drug-likeness (QED) is 0.642. The molecular formula is C12H21NO2. The second-order valence-electron chi connectivity index (χ2n) is 4.15. The molecule has 0 aliphatic carbocycles. The Bertz CT molecular complexity index is 206. The van der Waals surface area contributed by atoms with E-state index < -0.39 is 0 Å². The van der Waals surface area contributed by atoms with Crippen LogP contribution in [0.1, 0.15) is 32.6 Å².